The van der Waals surface area contributed by atoms with Crippen molar-refractivity contribution < 1.29 is 0 Å². The zero-order valence-corrected chi connectivity index (χ0v) is 10.6. The molecular weight excluding hydrogens is 251 g/mol. The van der Waals surface area contributed by atoms with Crippen LogP contribution >= 0.6 is 21.8 Å². The fraction of sp³-hybridized carbons (Fsp3) is 0.750. The second kappa shape index (κ2) is 7.79. The molecule has 0 saturated carbocycles. The Hall–Kier alpha value is 0.687. The van der Waals surface area contributed by atoms with Gasteiger partial charge in [0.05, 0.1) is 0 Å². The van der Waals surface area contributed by atoms with Crippen LogP contribution in [0.1, 0.15) is 39.5 Å². The summed E-state index contributed by atoms with van der Waals surface area (Å²) >= 11 is 2.54. The summed E-state index contributed by atoms with van der Waals surface area (Å²) in [5, 5.41) is 0. The van der Waals surface area contributed by atoms with E-state index in [-0.39, 0.29) is 7.02 Å². The van der Waals surface area contributed by atoms with E-state index in [4.69, 9.17) is 0 Å². The number of hydrogen-bond acceptors (Lipinski definition) is 0. The first kappa shape index (κ1) is 10.7. The zero-order chi connectivity index (χ0) is 7.82. The molecule has 0 aliphatic carbocycles. The summed E-state index contributed by atoms with van der Waals surface area (Å²) in [4.78, 5) is 0. The van der Waals surface area contributed by atoms with E-state index >= 15 is 0 Å². The van der Waals surface area contributed by atoms with E-state index in [2.05, 4.69) is 41.3 Å². The largest absolute Gasteiger partial charge is 0.122 e. The minimum Gasteiger partial charge on any atom is -0.122 e. The molecular formula is C8H17ISi. The molecule has 0 aromatic carbocycles. The quantitative estimate of drug-likeness (QED) is 0.408. The van der Waals surface area contributed by atoms with Crippen LogP contribution in [0.15, 0.2) is 11.3 Å². The van der Waals surface area contributed by atoms with Gasteiger partial charge in [-0.05, 0) is 12.8 Å². The van der Waals surface area contributed by atoms with Crippen molar-refractivity contribution in [3.63, 3.8) is 0 Å². The normalized spacial score (nSPS) is 10.7. The Kier molecular flexibility index (Phi) is 8.33. The lowest BCUT2D eigenvalue weighted by atomic mass is 10.1. The molecule has 0 N–H and O–H groups in total. The Balaban J connectivity index is 3.60. The third kappa shape index (κ3) is 5.47. The number of allylic oxidation sites excluding steroid dienone is 1. The van der Waals surface area contributed by atoms with Crippen molar-refractivity contribution >= 4 is 28.8 Å². The van der Waals surface area contributed by atoms with E-state index in [0.29, 0.717) is 0 Å². The van der Waals surface area contributed by atoms with Gasteiger partial charge in [0.1, 0.15) is 7.02 Å². The third-order valence-corrected chi connectivity index (χ3v) is 3.56. The van der Waals surface area contributed by atoms with Crippen LogP contribution in [0.4, 0.5) is 0 Å². The number of halogens is 1. The Labute approximate surface area is 79.5 Å². The molecule has 60 valence electrons. The van der Waals surface area contributed by atoms with Gasteiger partial charge in [0, 0.05) is 0 Å². The summed E-state index contributed by atoms with van der Waals surface area (Å²) < 4.78 is 0. The van der Waals surface area contributed by atoms with Crippen LogP contribution in [0.2, 0.25) is 0 Å². The van der Waals surface area contributed by atoms with Gasteiger partial charge in [0.15, 0.2) is 0 Å². The van der Waals surface area contributed by atoms with Gasteiger partial charge in [-0.1, -0.05) is 38.0 Å². The maximum absolute atomic E-state index is 2.54. The fourth-order valence-electron chi connectivity index (χ4n) is 1.08. The first-order chi connectivity index (χ1) is 4.85. The summed E-state index contributed by atoms with van der Waals surface area (Å²) in [5.74, 6) is 0. The number of rotatable bonds is 5. The highest BCUT2D eigenvalue weighted by Gasteiger charge is 1.92. The average Bonchev–Trinajstić information content (AvgIpc) is 1.90. The van der Waals surface area contributed by atoms with Gasteiger partial charge in [0.2, 0.25) is 0 Å². The lowest BCUT2D eigenvalue weighted by molar-refractivity contribution is 0.806. The van der Waals surface area contributed by atoms with E-state index in [0.717, 1.165) is 0 Å². The van der Waals surface area contributed by atoms with Crippen molar-refractivity contribution in [1.82, 2.24) is 0 Å². The van der Waals surface area contributed by atoms with Crippen molar-refractivity contribution in [2.24, 2.45) is 0 Å². The molecule has 0 radical (unpaired) electrons. The summed E-state index contributed by atoms with van der Waals surface area (Å²) in [7, 11) is 0.134. The van der Waals surface area contributed by atoms with Crippen LogP contribution in [0.25, 0.3) is 0 Å². The zero-order valence-electron chi connectivity index (χ0n) is 6.99. The number of hydrogen-bond donors (Lipinski definition) is 0. The molecule has 0 rings (SSSR count). The minimum absolute atomic E-state index is 0.134. The predicted octanol–water partition coefficient (Wildman–Crippen LogP) is 2.99. The molecule has 0 bridgehead atoms. The molecule has 0 fully saturated rings. The van der Waals surface area contributed by atoms with Crippen LogP contribution in [-0.4, -0.2) is 7.02 Å². The van der Waals surface area contributed by atoms with Crippen LogP contribution < -0.4 is 0 Å². The second-order valence-corrected chi connectivity index (χ2v) is 5.88. The predicted molar refractivity (Wildman–Crippen MR) is 60.5 cm³/mol. The molecule has 0 nitrogen and oxygen atoms in total. The molecule has 2 heteroatoms. The molecule has 0 spiro atoms. The van der Waals surface area contributed by atoms with Crippen molar-refractivity contribution in [2.45, 2.75) is 39.5 Å². The first-order valence-corrected chi connectivity index (χ1v) is 10.0. The Morgan fingerprint density at radius 2 is 1.80 bits per heavy atom. The molecule has 0 aliphatic heterocycles. The molecule has 0 aliphatic rings. The maximum Gasteiger partial charge on any atom is 0.117 e. The Morgan fingerprint density at radius 3 is 2.10 bits per heavy atom. The Bertz CT molecular complexity index is 91.4. The topological polar surface area (TPSA) is 0 Å². The average molecular weight is 268 g/mol. The van der Waals surface area contributed by atoms with E-state index in [9.17, 15) is 0 Å². The van der Waals surface area contributed by atoms with E-state index in [1.165, 1.54) is 25.7 Å². The molecule has 0 amide bonds. The summed E-state index contributed by atoms with van der Waals surface area (Å²) in [6.45, 7) is 4.52. The highest BCUT2D eigenvalue weighted by molar-refractivity contribution is 14.1. The van der Waals surface area contributed by atoms with Gasteiger partial charge < -0.3 is 0 Å². The molecule has 10 heavy (non-hydrogen) atoms. The van der Waals surface area contributed by atoms with Gasteiger partial charge >= 0.3 is 0 Å². The second-order valence-electron chi connectivity index (χ2n) is 2.52. The standard InChI is InChI=1S/C8H17ISi/c1-3-5-8(6-4-2)7-10-9/h7H,3-6,10H2,1-2H3. The highest BCUT2D eigenvalue weighted by Crippen LogP contribution is 2.11. The third-order valence-electron chi connectivity index (χ3n) is 1.51. The molecule has 0 atom stereocenters. The lowest BCUT2D eigenvalue weighted by Gasteiger charge is -2.01. The van der Waals surface area contributed by atoms with Gasteiger partial charge in [-0.2, -0.15) is 0 Å². The first-order valence-electron chi connectivity index (χ1n) is 4.09. The van der Waals surface area contributed by atoms with Crippen LogP contribution in [0, 0.1) is 0 Å². The van der Waals surface area contributed by atoms with Gasteiger partial charge in [-0.3, -0.25) is 0 Å². The molecule has 0 heterocycles. The smallest absolute Gasteiger partial charge is 0.117 e. The molecule has 0 aromatic heterocycles. The highest BCUT2D eigenvalue weighted by atomic mass is 127. The maximum atomic E-state index is 2.54. The van der Waals surface area contributed by atoms with Crippen molar-refractivity contribution in [3.05, 3.63) is 11.3 Å². The van der Waals surface area contributed by atoms with Gasteiger partial charge in [-0.15, -0.1) is 21.8 Å². The Morgan fingerprint density at radius 1 is 1.30 bits per heavy atom. The molecule has 0 unspecified atom stereocenters. The van der Waals surface area contributed by atoms with Crippen molar-refractivity contribution in [2.75, 3.05) is 0 Å². The van der Waals surface area contributed by atoms with Crippen molar-refractivity contribution in [3.8, 4) is 0 Å². The van der Waals surface area contributed by atoms with Crippen LogP contribution in [-0.2, 0) is 0 Å². The van der Waals surface area contributed by atoms with Crippen LogP contribution in [0.3, 0.4) is 0 Å². The minimum atomic E-state index is 0.134. The monoisotopic (exact) mass is 268 g/mol. The summed E-state index contributed by atoms with van der Waals surface area (Å²) in [6.07, 6.45) is 5.31. The van der Waals surface area contributed by atoms with Crippen molar-refractivity contribution in [1.29, 1.82) is 0 Å². The van der Waals surface area contributed by atoms with Crippen LogP contribution in [0.5, 0.6) is 0 Å². The summed E-state index contributed by atoms with van der Waals surface area (Å²) in [6, 6.07) is 0. The van der Waals surface area contributed by atoms with Gasteiger partial charge in [0.25, 0.3) is 0 Å². The van der Waals surface area contributed by atoms with E-state index in [1.54, 1.807) is 5.57 Å². The van der Waals surface area contributed by atoms with Gasteiger partial charge in [-0.25, -0.2) is 0 Å². The summed E-state index contributed by atoms with van der Waals surface area (Å²) in [5.41, 5.74) is 4.22. The molecule has 0 saturated heterocycles. The van der Waals surface area contributed by atoms with E-state index < -0.39 is 0 Å². The molecule has 0 aromatic rings. The SMILES string of the molecule is CCCC(=C[SiH2]I)CCC. The lowest BCUT2D eigenvalue weighted by Crippen LogP contribution is -1.84. The van der Waals surface area contributed by atoms with E-state index in [1.807, 2.05) is 0 Å². The fourth-order valence-corrected chi connectivity index (χ4v) is 3.58.